The van der Waals surface area contributed by atoms with E-state index in [9.17, 15) is 0 Å². The molecule has 0 saturated carbocycles. The second kappa shape index (κ2) is 10.6. The fourth-order valence-corrected chi connectivity index (χ4v) is 4.61. The monoisotopic (exact) mass is 519 g/mol. The molecule has 0 bridgehead atoms. The Kier molecular flexibility index (Phi) is 7.77. The summed E-state index contributed by atoms with van der Waals surface area (Å²) < 4.78 is 8.65. The average Bonchev–Trinajstić information content (AvgIpc) is 2.83. The molecule has 0 atom stereocenters. The Hall–Kier alpha value is -3.10. The molecule has 0 spiro atoms. The fraction of sp³-hybridized carbons (Fsp3) is 0.419. The van der Waals surface area contributed by atoms with Gasteiger partial charge in [-0.3, -0.25) is 13.4 Å². The Morgan fingerprint density at radius 3 is 0.947 bits per heavy atom. The largest absolute Gasteiger partial charge is 0.341 e. The van der Waals surface area contributed by atoms with Crippen LogP contribution in [0.2, 0.25) is 0 Å². The van der Waals surface area contributed by atoms with Crippen molar-refractivity contribution in [1.29, 1.82) is 0 Å². The number of quaternary nitrogens is 3. The number of hydrogen-bond acceptors (Lipinski definition) is 4. The van der Waals surface area contributed by atoms with Crippen molar-refractivity contribution in [3.63, 3.8) is 0 Å². The van der Waals surface area contributed by atoms with Crippen molar-refractivity contribution >= 4 is 34.1 Å². The van der Waals surface area contributed by atoms with E-state index in [1.807, 2.05) is 0 Å². The summed E-state index contributed by atoms with van der Waals surface area (Å²) in [4.78, 5) is 7.05. The molecular formula is C31H47N6O+3. The molecule has 3 aromatic carbocycles. The third-order valence-electron chi connectivity index (χ3n) is 7.15. The zero-order valence-electron chi connectivity index (χ0n) is 24.8. The van der Waals surface area contributed by atoms with Crippen LogP contribution in [0.4, 0.5) is 34.1 Å². The first-order chi connectivity index (χ1) is 17.7. The van der Waals surface area contributed by atoms with Gasteiger partial charge in [-0.1, -0.05) is 0 Å². The number of rotatable bonds is 6. The van der Waals surface area contributed by atoms with Crippen molar-refractivity contribution in [3.8, 4) is 0 Å². The van der Waals surface area contributed by atoms with Crippen molar-refractivity contribution < 1.29 is 4.74 Å². The minimum Gasteiger partial charge on any atom is -0.341 e. The maximum Gasteiger partial charge on any atom is 0.132 e. The molecule has 0 unspecified atom stereocenters. The Balaban J connectivity index is 1.63. The van der Waals surface area contributed by atoms with Crippen LogP contribution >= 0.6 is 0 Å². The maximum atomic E-state index is 6.27. The van der Waals surface area contributed by atoms with E-state index in [0.29, 0.717) is 13.5 Å². The van der Waals surface area contributed by atoms with E-state index in [1.165, 1.54) is 22.7 Å². The van der Waals surface area contributed by atoms with Gasteiger partial charge < -0.3 is 19.4 Å². The average molecular weight is 520 g/mol. The molecule has 0 aromatic heterocycles. The lowest BCUT2D eigenvalue weighted by Gasteiger charge is -2.40. The summed E-state index contributed by atoms with van der Waals surface area (Å²) in [7, 11) is 19.8. The third kappa shape index (κ3) is 6.66. The van der Waals surface area contributed by atoms with Gasteiger partial charge in [0.05, 0.1) is 76.8 Å². The van der Waals surface area contributed by atoms with Crippen molar-refractivity contribution in [2.24, 2.45) is 0 Å². The predicted octanol–water partition coefficient (Wildman–Crippen LogP) is 4.96. The molecule has 0 amide bonds. The number of benzene rings is 3. The highest BCUT2D eigenvalue weighted by molar-refractivity contribution is 5.60. The molecule has 1 saturated heterocycles. The van der Waals surface area contributed by atoms with Crippen molar-refractivity contribution in [2.75, 3.05) is 105 Å². The second-order valence-corrected chi connectivity index (χ2v) is 13.0. The molecule has 3 aromatic rings. The third-order valence-corrected chi connectivity index (χ3v) is 7.15. The Morgan fingerprint density at radius 2 is 0.684 bits per heavy atom. The number of nitrogens with zero attached hydrogens (tertiary/aromatic N) is 6. The zero-order valence-corrected chi connectivity index (χ0v) is 24.8. The summed E-state index contributed by atoms with van der Waals surface area (Å²) in [5.74, 6) is 0. The summed E-state index contributed by atoms with van der Waals surface area (Å²) in [5.41, 5.74) is 7.36. The molecule has 4 rings (SSSR count). The van der Waals surface area contributed by atoms with Crippen LogP contribution in [0, 0.1) is 0 Å². The Labute approximate surface area is 230 Å². The minimum absolute atomic E-state index is 0.519. The van der Waals surface area contributed by atoms with Gasteiger partial charge in [0.25, 0.3) is 0 Å². The van der Waals surface area contributed by atoms with E-state index in [-0.39, 0.29) is 0 Å². The van der Waals surface area contributed by atoms with Crippen LogP contribution < -0.4 is 28.1 Å². The Bertz CT molecular complexity index is 1120. The van der Waals surface area contributed by atoms with Crippen LogP contribution in [0.5, 0.6) is 0 Å². The van der Waals surface area contributed by atoms with E-state index in [1.54, 1.807) is 0 Å². The molecular weight excluding hydrogens is 472 g/mol. The van der Waals surface area contributed by atoms with Crippen LogP contribution in [0.15, 0.2) is 72.8 Å². The van der Waals surface area contributed by atoms with Gasteiger partial charge in [0.15, 0.2) is 0 Å². The molecule has 0 N–H and O–H groups in total. The molecule has 0 radical (unpaired) electrons. The summed E-state index contributed by atoms with van der Waals surface area (Å²) in [5, 5.41) is 0. The van der Waals surface area contributed by atoms with Crippen LogP contribution in [0.3, 0.4) is 0 Å². The highest BCUT2D eigenvalue weighted by atomic mass is 16.5. The highest BCUT2D eigenvalue weighted by Gasteiger charge is 2.23. The minimum atomic E-state index is 0.519. The molecule has 7 nitrogen and oxygen atoms in total. The van der Waals surface area contributed by atoms with Gasteiger partial charge in [0.1, 0.15) is 30.5 Å². The van der Waals surface area contributed by atoms with E-state index >= 15 is 0 Å². The molecule has 7 heteroatoms. The van der Waals surface area contributed by atoms with Crippen LogP contribution in [-0.2, 0) is 4.74 Å². The van der Waals surface area contributed by atoms with Gasteiger partial charge in [0.2, 0.25) is 0 Å². The van der Waals surface area contributed by atoms with Gasteiger partial charge in [-0.2, -0.15) is 0 Å². The van der Waals surface area contributed by atoms with Crippen molar-refractivity contribution in [2.45, 2.75) is 0 Å². The van der Waals surface area contributed by atoms with Gasteiger partial charge >= 0.3 is 0 Å². The van der Waals surface area contributed by atoms with E-state index < -0.39 is 0 Å². The van der Waals surface area contributed by atoms with Gasteiger partial charge in [0, 0.05) is 53.5 Å². The lowest BCUT2D eigenvalue weighted by molar-refractivity contribution is 0.127. The van der Waals surface area contributed by atoms with E-state index in [4.69, 9.17) is 4.74 Å². The quantitative estimate of drug-likeness (QED) is 0.429. The van der Waals surface area contributed by atoms with E-state index in [0.717, 1.165) is 38.2 Å². The maximum absolute atomic E-state index is 6.27. The SMILES string of the molecule is C[N+](C)(C)c1ccc(N2COCN(c3ccc([N+](C)(C)C)cc3)CN(c3ccc([N+](C)(C)C)cc3)C2)cc1. The first-order valence-electron chi connectivity index (χ1n) is 13.3. The van der Waals surface area contributed by atoms with Crippen molar-refractivity contribution in [3.05, 3.63) is 72.8 Å². The Morgan fingerprint density at radius 1 is 0.421 bits per heavy atom. The molecule has 1 heterocycles. The molecule has 38 heavy (non-hydrogen) atoms. The standard InChI is InChI=1S/C31H47N6O/c1-35(2,3)29-16-10-26(11-17-29)32-22-33(27-12-18-30(19-13-27)36(4,5)6)24-38-25-34(23-32)28-14-20-31(21-15-28)37(7,8)9/h10-21H,22-25H2,1-9H3/q+3. The van der Waals surface area contributed by atoms with Crippen molar-refractivity contribution in [1.82, 2.24) is 13.4 Å². The van der Waals surface area contributed by atoms with E-state index in [2.05, 4.69) is 151 Å². The molecule has 1 aliphatic heterocycles. The predicted molar refractivity (Wildman–Crippen MR) is 166 cm³/mol. The highest BCUT2D eigenvalue weighted by Crippen LogP contribution is 2.29. The first kappa shape index (κ1) is 27.9. The summed E-state index contributed by atoms with van der Waals surface area (Å²) in [6.45, 7) is 2.48. The summed E-state index contributed by atoms with van der Waals surface area (Å²) >= 11 is 0. The molecule has 204 valence electrons. The fourth-order valence-electron chi connectivity index (χ4n) is 4.61. The molecule has 1 aliphatic rings. The smallest absolute Gasteiger partial charge is 0.132 e. The number of ether oxygens (including phenoxy) is 1. The lowest BCUT2D eigenvalue weighted by atomic mass is 10.2. The second-order valence-electron chi connectivity index (χ2n) is 13.0. The summed E-state index contributed by atoms with van der Waals surface area (Å²) in [6, 6.07) is 26.7. The first-order valence-corrected chi connectivity index (χ1v) is 13.3. The van der Waals surface area contributed by atoms with Gasteiger partial charge in [-0.05, 0) is 36.4 Å². The number of anilines is 3. The van der Waals surface area contributed by atoms with Gasteiger partial charge in [-0.25, -0.2) is 0 Å². The summed E-state index contributed by atoms with van der Waals surface area (Å²) in [6.07, 6.45) is 0. The molecule has 1 fully saturated rings. The van der Waals surface area contributed by atoms with Crippen LogP contribution in [-0.4, -0.2) is 90.2 Å². The normalized spacial score (nSPS) is 15.9. The van der Waals surface area contributed by atoms with Crippen LogP contribution in [0.25, 0.3) is 0 Å². The lowest BCUT2D eigenvalue weighted by Crippen LogP contribution is -2.49. The molecule has 0 aliphatic carbocycles. The topological polar surface area (TPSA) is 19.0 Å². The zero-order chi connectivity index (χ0) is 27.7. The van der Waals surface area contributed by atoms with Crippen LogP contribution in [0.1, 0.15) is 0 Å². The number of hydrogen-bond donors (Lipinski definition) is 0. The van der Waals surface area contributed by atoms with Gasteiger partial charge in [-0.15, -0.1) is 0 Å².